The number of para-hydroxylation sites is 1. The molecule has 1 aliphatic rings. The highest BCUT2D eigenvalue weighted by Gasteiger charge is 2.29. The van der Waals surface area contributed by atoms with Gasteiger partial charge >= 0.3 is 0 Å². The third kappa shape index (κ3) is 2.82. The van der Waals surface area contributed by atoms with E-state index in [1.54, 1.807) is 0 Å². The Morgan fingerprint density at radius 2 is 2.22 bits per heavy atom. The first kappa shape index (κ1) is 12.9. The molecule has 4 heteroatoms. The molecule has 18 heavy (non-hydrogen) atoms. The standard InChI is InChI=1S/C14H20N2O2/c1-14(2,7-8-17)16-13(18)12-9-10-5-3-4-6-11(10)15-12/h3-6,12,15,17H,7-9H2,1-2H3,(H,16,18)/t12-/m0/s1. The minimum absolute atomic E-state index is 0.00958. The lowest BCUT2D eigenvalue weighted by molar-refractivity contribution is -0.123. The molecule has 0 spiro atoms. The summed E-state index contributed by atoms with van der Waals surface area (Å²) in [5, 5.41) is 15.2. The molecule has 0 unspecified atom stereocenters. The molecule has 1 aromatic rings. The van der Waals surface area contributed by atoms with Crippen LogP contribution >= 0.6 is 0 Å². The minimum Gasteiger partial charge on any atom is -0.396 e. The maximum atomic E-state index is 12.1. The van der Waals surface area contributed by atoms with E-state index in [-0.39, 0.29) is 24.1 Å². The molecule has 1 atom stereocenters. The quantitative estimate of drug-likeness (QED) is 0.752. The molecule has 0 aliphatic carbocycles. The first-order valence-corrected chi connectivity index (χ1v) is 6.29. The highest BCUT2D eigenvalue weighted by Crippen LogP contribution is 2.25. The molecule has 0 fully saturated rings. The summed E-state index contributed by atoms with van der Waals surface area (Å²) in [5.41, 5.74) is 1.85. The van der Waals surface area contributed by atoms with Gasteiger partial charge in [-0.25, -0.2) is 0 Å². The zero-order chi connectivity index (χ0) is 13.2. The van der Waals surface area contributed by atoms with Gasteiger partial charge in [-0.3, -0.25) is 4.79 Å². The zero-order valence-electron chi connectivity index (χ0n) is 10.9. The number of nitrogens with one attached hydrogen (secondary N) is 2. The second-order valence-electron chi connectivity index (χ2n) is 5.40. The fraction of sp³-hybridized carbons (Fsp3) is 0.500. The lowest BCUT2D eigenvalue weighted by Gasteiger charge is -2.27. The van der Waals surface area contributed by atoms with Gasteiger partial charge in [0.25, 0.3) is 0 Å². The van der Waals surface area contributed by atoms with Crippen molar-refractivity contribution in [2.75, 3.05) is 11.9 Å². The van der Waals surface area contributed by atoms with Crippen molar-refractivity contribution in [2.24, 2.45) is 0 Å². The van der Waals surface area contributed by atoms with E-state index in [1.807, 2.05) is 38.1 Å². The van der Waals surface area contributed by atoms with Gasteiger partial charge in [0.15, 0.2) is 0 Å². The number of hydrogen-bond donors (Lipinski definition) is 3. The van der Waals surface area contributed by atoms with Crippen molar-refractivity contribution < 1.29 is 9.90 Å². The molecule has 1 amide bonds. The molecule has 1 aromatic carbocycles. The average molecular weight is 248 g/mol. The van der Waals surface area contributed by atoms with E-state index in [9.17, 15) is 4.79 Å². The van der Waals surface area contributed by atoms with Crippen LogP contribution < -0.4 is 10.6 Å². The van der Waals surface area contributed by atoms with Crippen molar-refractivity contribution >= 4 is 11.6 Å². The molecule has 1 aliphatic heterocycles. The first-order valence-electron chi connectivity index (χ1n) is 6.29. The number of carbonyl (C=O) groups excluding carboxylic acids is 1. The Bertz CT molecular complexity index is 418. The minimum atomic E-state index is -0.373. The lowest BCUT2D eigenvalue weighted by atomic mass is 10.00. The van der Waals surface area contributed by atoms with Crippen molar-refractivity contribution in [1.29, 1.82) is 0 Å². The Labute approximate surface area is 107 Å². The van der Waals surface area contributed by atoms with E-state index in [0.717, 1.165) is 12.1 Å². The van der Waals surface area contributed by atoms with Gasteiger partial charge < -0.3 is 15.7 Å². The second-order valence-corrected chi connectivity index (χ2v) is 5.40. The molecule has 0 saturated carbocycles. The summed E-state index contributed by atoms with van der Waals surface area (Å²) >= 11 is 0. The van der Waals surface area contributed by atoms with E-state index in [2.05, 4.69) is 10.6 Å². The van der Waals surface area contributed by atoms with Crippen LogP contribution in [0.3, 0.4) is 0 Å². The molecule has 0 radical (unpaired) electrons. The third-order valence-corrected chi connectivity index (χ3v) is 3.29. The van der Waals surface area contributed by atoms with Crippen LogP contribution in [0.15, 0.2) is 24.3 Å². The molecule has 4 nitrogen and oxygen atoms in total. The summed E-state index contributed by atoms with van der Waals surface area (Å²) in [4.78, 5) is 12.1. The molecule has 98 valence electrons. The molecule has 0 aromatic heterocycles. The van der Waals surface area contributed by atoms with Crippen molar-refractivity contribution in [3.8, 4) is 0 Å². The average Bonchev–Trinajstić information content (AvgIpc) is 2.71. The number of aliphatic hydroxyl groups excluding tert-OH is 1. The van der Waals surface area contributed by atoms with E-state index >= 15 is 0 Å². The Balaban J connectivity index is 1.97. The van der Waals surface area contributed by atoms with Crippen LogP contribution in [0.1, 0.15) is 25.8 Å². The molecule has 3 N–H and O–H groups in total. The normalized spacial score (nSPS) is 18.1. The molecular weight excluding hydrogens is 228 g/mol. The van der Waals surface area contributed by atoms with Gasteiger partial charge in [-0.2, -0.15) is 0 Å². The van der Waals surface area contributed by atoms with Gasteiger partial charge in [-0.05, 0) is 31.9 Å². The topological polar surface area (TPSA) is 61.4 Å². The predicted molar refractivity (Wildman–Crippen MR) is 71.5 cm³/mol. The zero-order valence-corrected chi connectivity index (χ0v) is 10.9. The Hall–Kier alpha value is -1.55. The summed E-state index contributed by atoms with van der Waals surface area (Å²) < 4.78 is 0. The number of amides is 1. The summed E-state index contributed by atoms with van der Waals surface area (Å²) in [6.45, 7) is 3.91. The highest BCUT2D eigenvalue weighted by atomic mass is 16.3. The fourth-order valence-electron chi connectivity index (χ4n) is 2.22. The predicted octanol–water partition coefficient (Wildman–Crippen LogP) is 1.30. The summed E-state index contributed by atoms with van der Waals surface area (Å²) in [6, 6.07) is 7.76. The van der Waals surface area contributed by atoms with E-state index < -0.39 is 0 Å². The van der Waals surface area contributed by atoms with Crippen LogP contribution in [-0.2, 0) is 11.2 Å². The second kappa shape index (κ2) is 4.98. The third-order valence-electron chi connectivity index (χ3n) is 3.29. The van der Waals surface area contributed by atoms with Crippen LogP contribution in [0.4, 0.5) is 5.69 Å². The molecule has 2 rings (SSSR count). The Morgan fingerprint density at radius 3 is 2.89 bits per heavy atom. The van der Waals surface area contributed by atoms with Gasteiger partial charge in [0, 0.05) is 24.3 Å². The largest absolute Gasteiger partial charge is 0.396 e. The van der Waals surface area contributed by atoms with Gasteiger partial charge in [-0.1, -0.05) is 18.2 Å². The number of carbonyl (C=O) groups is 1. The number of anilines is 1. The van der Waals surface area contributed by atoms with Crippen molar-refractivity contribution in [3.63, 3.8) is 0 Å². The molecule has 0 saturated heterocycles. The summed E-state index contributed by atoms with van der Waals surface area (Å²) in [5.74, 6) is -0.00958. The number of rotatable bonds is 4. The van der Waals surface area contributed by atoms with Crippen LogP contribution in [0.5, 0.6) is 0 Å². The Kier molecular flexibility index (Phi) is 3.57. The number of hydrogen-bond acceptors (Lipinski definition) is 3. The van der Waals surface area contributed by atoms with Crippen LogP contribution in [-0.4, -0.2) is 29.2 Å². The van der Waals surface area contributed by atoms with E-state index in [4.69, 9.17) is 5.11 Å². The number of benzene rings is 1. The maximum absolute atomic E-state index is 12.1. The van der Waals surface area contributed by atoms with Gasteiger partial charge in [0.05, 0.1) is 0 Å². The molecular formula is C14H20N2O2. The smallest absolute Gasteiger partial charge is 0.243 e. The van der Waals surface area contributed by atoms with Crippen molar-refractivity contribution in [2.45, 2.75) is 38.3 Å². The highest BCUT2D eigenvalue weighted by molar-refractivity contribution is 5.87. The summed E-state index contributed by atoms with van der Waals surface area (Å²) in [6.07, 6.45) is 1.27. The SMILES string of the molecule is CC(C)(CCO)NC(=O)[C@@H]1Cc2ccccc2N1. The number of fused-ring (bicyclic) bond motifs is 1. The van der Waals surface area contributed by atoms with Gasteiger partial charge in [0.1, 0.15) is 6.04 Å². The summed E-state index contributed by atoms with van der Waals surface area (Å²) in [7, 11) is 0. The Morgan fingerprint density at radius 1 is 1.50 bits per heavy atom. The maximum Gasteiger partial charge on any atom is 0.243 e. The first-order chi connectivity index (χ1) is 8.52. The van der Waals surface area contributed by atoms with Gasteiger partial charge in [-0.15, -0.1) is 0 Å². The van der Waals surface area contributed by atoms with E-state index in [1.165, 1.54) is 5.56 Å². The monoisotopic (exact) mass is 248 g/mol. The van der Waals surface area contributed by atoms with Crippen molar-refractivity contribution in [3.05, 3.63) is 29.8 Å². The van der Waals surface area contributed by atoms with E-state index in [0.29, 0.717) is 6.42 Å². The molecule has 0 bridgehead atoms. The lowest BCUT2D eigenvalue weighted by Crippen LogP contribution is -2.49. The van der Waals surface area contributed by atoms with Crippen molar-refractivity contribution in [1.82, 2.24) is 5.32 Å². The van der Waals surface area contributed by atoms with Crippen LogP contribution in [0, 0.1) is 0 Å². The number of aliphatic hydroxyl groups is 1. The van der Waals surface area contributed by atoms with Crippen LogP contribution in [0.2, 0.25) is 0 Å². The molecule has 1 heterocycles. The van der Waals surface area contributed by atoms with Gasteiger partial charge in [0.2, 0.25) is 5.91 Å². The van der Waals surface area contributed by atoms with Crippen LogP contribution in [0.25, 0.3) is 0 Å². The fourth-order valence-corrected chi connectivity index (χ4v) is 2.22.